The standard InChI is InChI=1S/C17H21FN2/c1-17(2,12-7-6-8-13(18)11-12)16-14-9-4-3-5-10-15(14)19-20-16/h6-8,11H,3-5,9-10H2,1-2H3,(H,19,20). The fourth-order valence-corrected chi connectivity index (χ4v) is 3.19. The minimum atomic E-state index is -0.267. The van der Waals surface area contributed by atoms with Crippen LogP contribution in [0.1, 0.15) is 55.6 Å². The molecule has 0 unspecified atom stereocenters. The maximum atomic E-state index is 13.5. The molecule has 1 heterocycles. The molecule has 20 heavy (non-hydrogen) atoms. The van der Waals surface area contributed by atoms with Crippen molar-refractivity contribution in [2.75, 3.05) is 0 Å². The van der Waals surface area contributed by atoms with Crippen LogP contribution in [-0.4, -0.2) is 10.2 Å². The molecule has 0 radical (unpaired) electrons. The van der Waals surface area contributed by atoms with Crippen molar-refractivity contribution >= 4 is 0 Å². The van der Waals surface area contributed by atoms with Gasteiger partial charge in [0.2, 0.25) is 0 Å². The van der Waals surface area contributed by atoms with E-state index in [-0.39, 0.29) is 11.2 Å². The highest BCUT2D eigenvalue weighted by atomic mass is 19.1. The average molecular weight is 272 g/mol. The lowest BCUT2D eigenvalue weighted by Gasteiger charge is -2.25. The molecule has 0 aliphatic heterocycles. The Balaban J connectivity index is 2.05. The van der Waals surface area contributed by atoms with Crippen LogP contribution in [0.2, 0.25) is 0 Å². The predicted molar refractivity (Wildman–Crippen MR) is 78.4 cm³/mol. The van der Waals surface area contributed by atoms with Crippen LogP contribution in [-0.2, 0) is 18.3 Å². The average Bonchev–Trinajstić information content (AvgIpc) is 2.69. The Kier molecular flexibility index (Phi) is 3.36. The monoisotopic (exact) mass is 272 g/mol. The van der Waals surface area contributed by atoms with Crippen LogP contribution < -0.4 is 0 Å². The number of fused-ring (bicyclic) bond motifs is 1. The number of nitrogens with zero attached hydrogens (tertiary/aromatic N) is 1. The second-order valence-corrected chi connectivity index (χ2v) is 6.23. The SMILES string of the molecule is CC(C)(c1cccc(F)c1)c1n[nH]c2c1CCCCC2. The van der Waals surface area contributed by atoms with Gasteiger partial charge in [0, 0.05) is 11.1 Å². The van der Waals surface area contributed by atoms with E-state index in [0.717, 1.165) is 24.1 Å². The molecule has 1 aliphatic rings. The smallest absolute Gasteiger partial charge is 0.123 e. The summed E-state index contributed by atoms with van der Waals surface area (Å²) >= 11 is 0. The number of aromatic nitrogens is 2. The van der Waals surface area contributed by atoms with Crippen molar-refractivity contribution in [3.8, 4) is 0 Å². The normalized spacial score (nSPS) is 15.8. The number of aromatic amines is 1. The molecular weight excluding hydrogens is 251 g/mol. The highest BCUT2D eigenvalue weighted by Gasteiger charge is 2.30. The molecule has 0 spiro atoms. The van der Waals surface area contributed by atoms with Crippen LogP contribution in [0, 0.1) is 5.82 Å². The molecule has 1 N–H and O–H groups in total. The second kappa shape index (κ2) is 5.04. The molecule has 106 valence electrons. The number of H-pyrrole nitrogens is 1. The molecule has 2 nitrogen and oxygen atoms in total. The Morgan fingerprint density at radius 2 is 1.95 bits per heavy atom. The van der Waals surface area contributed by atoms with Gasteiger partial charge in [-0.3, -0.25) is 5.10 Å². The molecule has 1 aromatic carbocycles. The van der Waals surface area contributed by atoms with Gasteiger partial charge in [-0.15, -0.1) is 0 Å². The third-order valence-electron chi connectivity index (χ3n) is 4.44. The maximum Gasteiger partial charge on any atom is 0.123 e. The second-order valence-electron chi connectivity index (χ2n) is 6.23. The first-order valence-corrected chi connectivity index (χ1v) is 7.41. The van der Waals surface area contributed by atoms with Crippen LogP contribution in [0.25, 0.3) is 0 Å². The van der Waals surface area contributed by atoms with Crippen molar-refractivity contribution in [3.63, 3.8) is 0 Å². The number of aryl methyl sites for hydroxylation is 1. The fraction of sp³-hybridized carbons (Fsp3) is 0.471. The Morgan fingerprint density at radius 1 is 1.15 bits per heavy atom. The lowest BCUT2D eigenvalue weighted by Crippen LogP contribution is -2.21. The van der Waals surface area contributed by atoms with Gasteiger partial charge < -0.3 is 0 Å². The van der Waals surface area contributed by atoms with Crippen LogP contribution in [0.5, 0.6) is 0 Å². The summed E-state index contributed by atoms with van der Waals surface area (Å²) in [5, 5.41) is 7.78. The molecule has 1 aliphatic carbocycles. The summed E-state index contributed by atoms with van der Waals surface area (Å²) < 4.78 is 13.5. The quantitative estimate of drug-likeness (QED) is 0.818. The van der Waals surface area contributed by atoms with Gasteiger partial charge in [0.25, 0.3) is 0 Å². The molecule has 0 fully saturated rings. The molecule has 0 atom stereocenters. The van der Waals surface area contributed by atoms with E-state index in [1.807, 2.05) is 6.07 Å². The number of nitrogens with one attached hydrogen (secondary N) is 1. The molecule has 0 saturated heterocycles. The topological polar surface area (TPSA) is 28.7 Å². The summed E-state index contributed by atoms with van der Waals surface area (Å²) in [6.07, 6.45) is 5.90. The number of hydrogen-bond donors (Lipinski definition) is 1. The van der Waals surface area contributed by atoms with Crippen molar-refractivity contribution in [3.05, 3.63) is 52.6 Å². The zero-order valence-corrected chi connectivity index (χ0v) is 12.2. The summed E-state index contributed by atoms with van der Waals surface area (Å²) in [7, 11) is 0. The van der Waals surface area contributed by atoms with Crippen molar-refractivity contribution in [2.45, 2.75) is 51.4 Å². The van der Waals surface area contributed by atoms with E-state index in [2.05, 4.69) is 24.0 Å². The minimum absolute atomic E-state index is 0.183. The summed E-state index contributed by atoms with van der Waals surface area (Å²) in [4.78, 5) is 0. The van der Waals surface area contributed by atoms with Gasteiger partial charge in [-0.05, 0) is 48.9 Å². The maximum absolute atomic E-state index is 13.5. The van der Waals surface area contributed by atoms with Gasteiger partial charge in [0.05, 0.1) is 5.69 Å². The van der Waals surface area contributed by atoms with E-state index >= 15 is 0 Å². The van der Waals surface area contributed by atoms with Crippen LogP contribution in [0.15, 0.2) is 24.3 Å². The van der Waals surface area contributed by atoms with E-state index in [9.17, 15) is 4.39 Å². The lowest BCUT2D eigenvalue weighted by molar-refractivity contribution is 0.581. The van der Waals surface area contributed by atoms with Gasteiger partial charge in [0.15, 0.2) is 0 Å². The highest BCUT2D eigenvalue weighted by molar-refractivity contribution is 5.40. The molecule has 0 bridgehead atoms. The first-order valence-electron chi connectivity index (χ1n) is 7.41. The number of halogens is 1. The van der Waals surface area contributed by atoms with Crippen molar-refractivity contribution < 1.29 is 4.39 Å². The molecule has 3 rings (SSSR count). The van der Waals surface area contributed by atoms with E-state index in [1.54, 1.807) is 12.1 Å². The van der Waals surface area contributed by atoms with Gasteiger partial charge in [-0.25, -0.2) is 4.39 Å². The zero-order chi connectivity index (χ0) is 14.2. The van der Waals surface area contributed by atoms with E-state index in [0.29, 0.717) is 0 Å². The third-order valence-corrected chi connectivity index (χ3v) is 4.44. The Bertz CT molecular complexity index is 613. The molecular formula is C17H21FN2. The van der Waals surface area contributed by atoms with E-state index < -0.39 is 0 Å². The zero-order valence-electron chi connectivity index (χ0n) is 12.2. The van der Waals surface area contributed by atoms with Gasteiger partial charge in [-0.2, -0.15) is 5.10 Å². The molecule has 3 heteroatoms. The molecule has 0 amide bonds. The van der Waals surface area contributed by atoms with Gasteiger partial charge in [-0.1, -0.05) is 32.4 Å². The lowest BCUT2D eigenvalue weighted by atomic mass is 9.79. The minimum Gasteiger partial charge on any atom is -0.282 e. The third kappa shape index (κ3) is 2.26. The van der Waals surface area contributed by atoms with Gasteiger partial charge in [0.1, 0.15) is 5.82 Å². The summed E-state index contributed by atoms with van der Waals surface area (Å²) in [6.45, 7) is 4.26. The number of benzene rings is 1. The van der Waals surface area contributed by atoms with E-state index in [4.69, 9.17) is 0 Å². The Morgan fingerprint density at radius 3 is 2.75 bits per heavy atom. The molecule has 0 saturated carbocycles. The first-order chi connectivity index (χ1) is 9.59. The van der Waals surface area contributed by atoms with Crippen molar-refractivity contribution in [2.24, 2.45) is 0 Å². The fourth-order valence-electron chi connectivity index (χ4n) is 3.19. The first kappa shape index (κ1) is 13.3. The van der Waals surface area contributed by atoms with E-state index in [1.165, 1.54) is 36.6 Å². The Hall–Kier alpha value is -1.64. The molecule has 1 aromatic heterocycles. The summed E-state index contributed by atoms with van der Waals surface area (Å²) in [6, 6.07) is 6.88. The summed E-state index contributed by atoms with van der Waals surface area (Å²) in [5.74, 6) is -0.183. The van der Waals surface area contributed by atoms with Crippen molar-refractivity contribution in [1.29, 1.82) is 0 Å². The van der Waals surface area contributed by atoms with Crippen LogP contribution in [0.4, 0.5) is 4.39 Å². The summed E-state index contributed by atoms with van der Waals surface area (Å²) in [5.41, 5.74) is 4.44. The van der Waals surface area contributed by atoms with Gasteiger partial charge >= 0.3 is 0 Å². The van der Waals surface area contributed by atoms with Crippen LogP contribution in [0.3, 0.4) is 0 Å². The molecule has 2 aromatic rings. The largest absolute Gasteiger partial charge is 0.282 e. The predicted octanol–water partition coefficient (Wildman–Crippen LogP) is 4.14. The van der Waals surface area contributed by atoms with Crippen molar-refractivity contribution in [1.82, 2.24) is 10.2 Å². The highest BCUT2D eigenvalue weighted by Crippen LogP contribution is 2.35. The number of rotatable bonds is 2. The Labute approximate surface area is 119 Å². The number of hydrogen-bond acceptors (Lipinski definition) is 1. The van der Waals surface area contributed by atoms with Crippen LogP contribution >= 0.6 is 0 Å².